The maximum absolute atomic E-state index is 5.83. The van der Waals surface area contributed by atoms with Gasteiger partial charge in [0.15, 0.2) is 0 Å². The first-order chi connectivity index (χ1) is 10.2. The van der Waals surface area contributed by atoms with Gasteiger partial charge in [-0.1, -0.05) is 25.5 Å². The first kappa shape index (κ1) is 15.2. The minimum Gasteiger partial charge on any atom is -0.497 e. The molecule has 0 atom stereocenters. The Bertz CT molecular complexity index is 564. The summed E-state index contributed by atoms with van der Waals surface area (Å²) in [6.45, 7) is 2.69. The van der Waals surface area contributed by atoms with Crippen LogP contribution < -0.4 is 15.2 Å². The molecule has 21 heavy (non-hydrogen) atoms. The molecule has 2 aromatic carbocycles. The maximum atomic E-state index is 5.83. The van der Waals surface area contributed by atoms with Crippen LogP contribution in [0.1, 0.15) is 30.9 Å². The monoisotopic (exact) mass is 285 g/mol. The van der Waals surface area contributed by atoms with Gasteiger partial charge in [-0.2, -0.15) is 0 Å². The van der Waals surface area contributed by atoms with Crippen molar-refractivity contribution in [2.45, 2.75) is 32.8 Å². The highest BCUT2D eigenvalue weighted by Crippen LogP contribution is 2.21. The number of ether oxygens (including phenoxy) is 2. The number of unbranched alkanes of at least 4 members (excludes halogenated alkanes) is 1. The SMILES string of the molecule is CCCCc1ccc(OCc2cc(N)cc(OC)c2)cc1. The summed E-state index contributed by atoms with van der Waals surface area (Å²) in [7, 11) is 1.63. The minimum absolute atomic E-state index is 0.482. The van der Waals surface area contributed by atoms with Crippen LogP contribution in [-0.2, 0) is 13.0 Å². The van der Waals surface area contributed by atoms with Crippen molar-refractivity contribution in [1.82, 2.24) is 0 Å². The predicted molar refractivity (Wildman–Crippen MR) is 86.8 cm³/mol. The molecule has 0 saturated carbocycles. The van der Waals surface area contributed by atoms with E-state index in [1.807, 2.05) is 24.3 Å². The lowest BCUT2D eigenvalue weighted by molar-refractivity contribution is 0.305. The van der Waals surface area contributed by atoms with Crippen LogP contribution in [-0.4, -0.2) is 7.11 Å². The quantitative estimate of drug-likeness (QED) is 0.775. The van der Waals surface area contributed by atoms with Gasteiger partial charge in [0, 0.05) is 11.8 Å². The zero-order chi connectivity index (χ0) is 15.1. The Morgan fingerprint density at radius 1 is 0.952 bits per heavy atom. The molecule has 0 unspecified atom stereocenters. The molecule has 3 nitrogen and oxygen atoms in total. The van der Waals surface area contributed by atoms with Gasteiger partial charge >= 0.3 is 0 Å². The van der Waals surface area contributed by atoms with E-state index in [9.17, 15) is 0 Å². The van der Waals surface area contributed by atoms with E-state index in [4.69, 9.17) is 15.2 Å². The van der Waals surface area contributed by atoms with Gasteiger partial charge in [0.05, 0.1) is 7.11 Å². The molecule has 0 fully saturated rings. The summed E-state index contributed by atoms with van der Waals surface area (Å²) in [6, 6.07) is 13.9. The molecule has 0 saturated heterocycles. The molecule has 0 aliphatic heterocycles. The zero-order valence-corrected chi connectivity index (χ0v) is 12.8. The predicted octanol–water partition coefficient (Wildman–Crippen LogP) is 4.20. The molecule has 112 valence electrons. The average Bonchev–Trinajstić information content (AvgIpc) is 2.51. The highest BCUT2D eigenvalue weighted by atomic mass is 16.5. The van der Waals surface area contributed by atoms with Crippen molar-refractivity contribution in [2.75, 3.05) is 12.8 Å². The molecular weight excluding hydrogens is 262 g/mol. The molecule has 2 N–H and O–H groups in total. The number of nitrogens with two attached hydrogens (primary N) is 1. The molecule has 0 aliphatic carbocycles. The van der Waals surface area contributed by atoms with Gasteiger partial charge in [-0.25, -0.2) is 0 Å². The van der Waals surface area contributed by atoms with Gasteiger partial charge in [-0.15, -0.1) is 0 Å². The summed E-state index contributed by atoms with van der Waals surface area (Å²) in [5, 5.41) is 0. The topological polar surface area (TPSA) is 44.5 Å². The van der Waals surface area contributed by atoms with E-state index in [0.29, 0.717) is 12.3 Å². The molecule has 0 radical (unpaired) electrons. The van der Waals surface area contributed by atoms with Crippen molar-refractivity contribution in [2.24, 2.45) is 0 Å². The van der Waals surface area contributed by atoms with Crippen LogP contribution in [0.5, 0.6) is 11.5 Å². The molecule has 0 amide bonds. The van der Waals surface area contributed by atoms with Crippen LogP contribution >= 0.6 is 0 Å². The van der Waals surface area contributed by atoms with Crippen molar-refractivity contribution in [3.63, 3.8) is 0 Å². The minimum atomic E-state index is 0.482. The smallest absolute Gasteiger partial charge is 0.121 e. The highest BCUT2D eigenvalue weighted by molar-refractivity contribution is 5.47. The zero-order valence-electron chi connectivity index (χ0n) is 12.8. The van der Waals surface area contributed by atoms with Gasteiger partial charge < -0.3 is 15.2 Å². The fourth-order valence-corrected chi connectivity index (χ4v) is 2.19. The van der Waals surface area contributed by atoms with E-state index in [-0.39, 0.29) is 0 Å². The lowest BCUT2D eigenvalue weighted by Crippen LogP contribution is -1.98. The lowest BCUT2D eigenvalue weighted by atomic mass is 10.1. The summed E-state index contributed by atoms with van der Waals surface area (Å²) in [4.78, 5) is 0. The number of anilines is 1. The van der Waals surface area contributed by atoms with Gasteiger partial charge in [-0.05, 0) is 48.2 Å². The molecule has 0 spiro atoms. The van der Waals surface area contributed by atoms with Gasteiger partial charge in [0.25, 0.3) is 0 Å². The van der Waals surface area contributed by atoms with Crippen molar-refractivity contribution >= 4 is 5.69 Å². The number of nitrogen functional groups attached to an aromatic ring is 1. The number of hydrogen-bond acceptors (Lipinski definition) is 3. The Morgan fingerprint density at radius 3 is 2.38 bits per heavy atom. The van der Waals surface area contributed by atoms with Crippen molar-refractivity contribution in [3.8, 4) is 11.5 Å². The molecule has 2 rings (SSSR count). The lowest BCUT2D eigenvalue weighted by Gasteiger charge is -2.09. The Kier molecular flexibility index (Phi) is 5.50. The van der Waals surface area contributed by atoms with E-state index < -0.39 is 0 Å². The third kappa shape index (κ3) is 4.71. The van der Waals surface area contributed by atoms with Crippen LogP contribution in [0.4, 0.5) is 5.69 Å². The largest absolute Gasteiger partial charge is 0.497 e. The third-order valence-electron chi connectivity index (χ3n) is 3.37. The van der Waals surface area contributed by atoms with Crippen LogP contribution in [0.2, 0.25) is 0 Å². The summed E-state index contributed by atoms with van der Waals surface area (Å²) < 4.78 is 11.0. The van der Waals surface area contributed by atoms with E-state index in [2.05, 4.69) is 19.1 Å². The number of hydrogen-bond donors (Lipinski definition) is 1. The number of benzene rings is 2. The summed E-state index contributed by atoms with van der Waals surface area (Å²) in [5.74, 6) is 1.63. The standard InChI is InChI=1S/C18H23NO2/c1-3-4-5-14-6-8-17(9-7-14)21-13-15-10-16(19)12-18(11-15)20-2/h6-12H,3-5,13,19H2,1-2H3. The number of methoxy groups -OCH3 is 1. The highest BCUT2D eigenvalue weighted by Gasteiger charge is 2.01. The summed E-state index contributed by atoms with van der Waals surface area (Å²) in [5.41, 5.74) is 8.88. The molecule has 0 aliphatic rings. The first-order valence-electron chi connectivity index (χ1n) is 7.36. The van der Waals surface area contributed by atoms with Crippen molar-refractivity contribution in [3.05, 3.63) is 53.6 Å². The van der Waals surface area contributed by atoms with E-state index >= 15 is 0 Å². The maximum Gasteiger partial charge on any atom is 0.121 e. The Morgan fingerprint density at radius 2 is 1.71 bits per heavy atom. The molecule has 2 aromatic rings. The Hall–Kier alpha value is -2.16. The first-order valence-corrected chi connectivity index (χ1v) is 7.36. The van der Waals surface area contributed by atoms with Crippen molar-refractivity contribution in [1.29, 1.82) is 0 Å². The van der Waals surface area contributed by atoms with Crippen LogP contribution in [0.15, 0.2) is 42.5 Å². The second-order valence-corrected chi connectivity index (χ2v) is 5.15. The third-order valence-corrected chi connectivity index (χ3v) is 3.37. The second-order valence-electron chi connectivity index (χ2n) is 5.15. The van der Waals surface area contributed by atoms with Gasteiger partial charge in [0.1, 0.15) is 18.1 Å². The van der Waals surface area contributed by atoms with Crippen LogP contribution in [0.3, 0.4) is 0 Å². The van der Waals surface area contributed by atoms with Gasteiger partial charge in [-0.3, -0.25) is 0 Å². The van der Waals surface area contributed by atoms with E-state index in [0.717, 1.165) is 23.5 Å². The van der Waals surface area contributed by atoms with E-state index in [1.54, 1.807) is 13.2 Å². The van der Waals surface area contributed by atoms with Crippen LogP contribution in [0.25, 0.3) is 0 Å². The molecule has 0 aromatic heterocycles. The van der Waals surface area contributed by atoms with Gasteiger partial charge in [0.2, 0.25) is 0 Å². The second kappa shape index (κ2) is 7.58. The van der Waals surface area contributed by atoms with E-state index in [1.165, 1.54) is 18.4 Å². The molecule has 3 heteroatoms. The molecule has 0 heterocycles. The summed E-state index contributed by atoms with van der Waals surface area (Å²) >= 11 is 0. The molecule has 0 bridgehead atoms. The Balaban J connectivity index is 1.95. The summed E-state index contributed by atoms with van der Waals surface area (Å²) in [6.07, 6.45) is 3.57. The fourth-order valence-electron chi connectivity index (χ4n) is 2.19. The normalized spacial score (nSPS) is 10.4. The van der Waals surface area contributed by atoms with Crippen LogP contribution in [0, 0.1) is 0 Å². The number of aryl methyl sites for hydroxylation is 1. The molecular formula is C18H23NO2. The fraction of sp³-hybridized carbons (Fsp3) is 0.333. The average molecular weight is 285 g/mol. The van der Waals surface area contributed by atoms with Crippen molar-refractivity contribution < 1.29 is 9.47 Å². The number of rotatable bonds is 7. The Labute approximate surface area is 126 Å².